The number of fused-ring (bicyclic) bond motifs is 1. The lowest BCUT2D eigenvalue weighted by Crippen LogP contribution is -2.37. The highest BCUT2D eigenvalue weighted by molar-refractivity contribution is 5.70. The Morgan fingerprint density at radius 2 is 1.65 bits per heavy atom. The number of aromatic nitrogens is 4. The fourth-order valence-corrected chi connectivity index (χ4v) is 2.50. The third-order valence-corrected chi connectivity index (χ3v) is 3.82. The van der Waals surface area contributed by atoms with Gasteiger partial charge in [-0.1, -0.05) is 26.2 Å². The van der Waals surface area contributed by atoms with E-state index in [0.717, 1.165) is 29.7 Å². The predicted molar refractivity (Wildman–Crippen MR) is 79.0 cm³/mol. The van der Waals surface area contributed by atoms with Crippen molar-refractivity contribution < 1.29 is 0 Å². The van der Waals surface area contributed by atoms with Crippen molar-refractivity contribution >= 4 is 11.2 Å². The topological polar surface area (TPSA) is 61.8 Å². The molecule has 0 fully saturated rings. The lowest BCUT2D eigenvalue weighted by atomic mass is 10.1. The van der Waals surface area contributed by atoms with Crippen molar-refractivity contribution in [1.29, 1.82) is 0 Å². The van der Waals surface area contributed by atoms with Crippen LogP contribution < -0.4 is 11.2 Å². The Hall–Kier alpha value is -1.85. The summed E-state index contributed by atoms with van der Waals surface area (Å²) in [5.74, 6) is 0.870. The lowest BCUT2D eigenvalue weighted by molar-refractivity contribution is 0.641. The molecule has 0 bridgehead atoms. The fraction of sp³-hybridized carbons (Fsp3) is 0.643. The maximum atomic E-state index is 12.2. The normalized spacial score (nSPS) is 11.4. The SMILES string of the molecule is CCCCCCc1nc2c(c(=O)n(C)c(=O)n2C)n1C. The monoisotopic (exact) mass is 278 g/mol. The molecule has 0 atom stereocenters. The molecule has 0 aliphatic heterocycles. The van der Waals surface area contributed by atoms with E-state index in [1.54, 1.807) is 7.05 Å². The summed E-state index contributed by atoms with van der Waals surface area (Å²) in [6.07, 6.45) is 5.46. The highest BCUT2D eigenvalue weighted by atomic mass is 16.2. The van der Waals surface area contributed by atoms with Crippen LogP contribution >= 0.6 is 0 Å². The predicted octanol–water partition coefficient (Wildman–Crippen LogP) is 1.09. The highest BCUT2D eigenvalue weighted by Gasteiger charge is 2.16. The van der Waals surface area contributed by atoms with Gasteiger partial charge in [-0.15, -0.1) is 0 Å². The number of nitrogens with zero attached hydrogens (tertiary/aromatic N) is 4. The van der Waals surface area contributed by atoms with Crippen LogP contribution in [0.25, 0.3) is 11.2 Å². The molecule has 0 saturated carbocycles. The first-order valence-corrected chi connectivity index (χ1v) is 7.10. The van der Waals surface area contributed by atoms with Gasteiger partial charge in [-0.25, -0.2) is 9.78 Å². The molecule has 110 valence electrons. The van der Waals surface area contributed by atoms with E-state index in [2.05, 4.69) is 11.9 Å². The molecule has 2 rings (SSSR count). The Kier molecular flexibility index (Phi) is 4.11. The zero-order valence-electron chi connectivity index (χ0n) is 12.6. The average Bonchev–Trinajstić information content (AvgIpc) is 2.76. The van der Waals surface area contributed by atoms with Gasteiger partial charge in [0.25, 0.3) is 5.56 Å². The van der Waals surface area contributed by atoms with E-state index in [-0.39, 0.29) is 11.2 Å². The van der Waals surface area contributed by atoms with Crippen molar-refractivity contribution in [3.8, 4) is 0 Å². The van der Waals surface area contributed by atoms with E-state index in [9.17, 15) is 9.59 Å². The van der Waals surface area contributed by atoms with Gasteiger partial charge in [0.15, 0.2) is 11.2 Å². The zero-order valence-corrected chi connectivity index (χ0v) is 12.6. The van der Waals surface area contributed by atoms with Crippen molar-refractivity contribution in [2.75, 3.05) is 0 Å². The summed E-state index contributed by atoms with van der Waals surface area (Å²) in [5.41, 5.74) is 0.363. The van der Waals surface area contributed by atoms with Crippen LogP contribution in [0.1, 0.15) is 38.4 Å². The molecule has 0 saturated heterocycles. The first-order chi connectivity index (χ1) is 9.49. The van der Waals surface area contributed by atoms with Gasteiger partial charge in [-0.3, -0.25) is 13.9 Å². The Morgan fingerprint density at radius 3 is 2.30 bits per heavy atom. The fourth-order valence-electron chi connectivity index (χ4n) is 2.50. The molecule has 20 heavy (non-hydrogen) atoms. The van der Waals surface area contributed by atoms with Gasteiger partial charge in [0, 0.05) is 27.6 Å². The second kappa shape index (κ2) is 5.64. The van der Waals surface area contributed by atoms with Crippen LogP contribution in [0.3, 0.4) is 0 Å². The Morgan fingerprint density at radius 1 is 0.950 bits per heavy atom. The van der Waals surface area contributed by atoms with E-state index < -0.39 is 0 Å². The molecule has 6 nitrogen and oxygen atoms in total. The first kappa shape index (κ1) is 14.6. The molecule has 0 aliphatic carbocycles. The Balaban J connectivity index is 2.48. The lowest BCUT2D eigenvalue weighted by Gasteiger charge is -2.03. The molecule has 0 aliphatic rings. The summed E-state index contributed by atoms with van der Waals surface area (Å²) in [6.45, 7) is 2.18. The Bertz CT molecular complexity index is 736. The second-order valence-electron chi connectivity index (χ2n) is 5.28. The second-order valence-corrected chi connectivity index (χ2v) is 5.28. The summed E-state index contributed by atoms with van der Waals surface area (Å²) in [7, 11) is 4.99. The van der Waals surface area contributed by atoms with Crippen molar-refractivity contribution in [3.63, 3.8) is 0 Å². The third kappa shape index (κ3) is 2.30. The van der Waals surface area contributed by atoms with Crippen LogP contribution in [0, 0.1) is 0 Å². The van der Waals surface area contributed by atoms with Crippen LogP contribution in [0.4, 0.5) is 0 Å². The number of hydrogen-bond donors (Lipinski definition) is 0. The van der Waals surface area contributed by atoms with Gasteiger partial charge in [-0.05, 0) is 6.42 Å². The third-order valence-electron chi connectivity index (χ3n) is 3.82. The molecule has 2 heterocycles. The summed E-state index contributed by atoms with van der Waals surface area (Å²) in [4.78, 5) is 28.6. The smallest absolute Gasteiger partial charge is 0.325 e. The van der Waals surface area contributed by atoms with Gasteiger partial charge in [0.05, 0.1) is 0 Å². The van der Waals surface area contributed by atoms with Crippen LogP contribution in [0.5, 0.6) is 0 Å². The highest BCUT2D eigenvalue weighted by Crippen LogP contribution is 2.12. The number of unbranched alkanes of at least 4 members (excludes halogenated alkanes) is 3. The summed E-state index contributed by atoms with van der Waals surface area (Å²) < 4.78 is 4.39. The summed E-state index contributed by atoms with van der Waals surface area (Å²) >= 11 is 0. The largest absolute Gasteiger partial charge is 0.332 e. The molecular weight excluding hydrogens is 256 g/mol. The molecular formula is C14H22N4O2. The van der Waals surface area contributed by atoms with E-state index in [4.69, 9.17) is 0 Å². The molecule has 6 heteroatoms. The first-order valence-electron chi connectivity index (χ1n) is 7.10. The number of aryl methyl sites for hydroxylation is 3. The van der Waals surface area contributed by atoms with Gasteiger partial charge < -0.3 is 4.57 Å². The summed E-state index contributed by atoms with van der Waals surface area (Å²) in [5, 5.41) is 0. The molecule has 0 aromatic carbocycles. The minimum atomic E-state index is -0.335. The molecule has 0 unspecified atom stereocenters. The van der Waals surface area contributed by atoms with Gasteiger partial charge >= 0.3 is 5.69 Å². The van der Waals surface area contributed by atoms with Crippen molar-refractivity contribution in [2.24, 2.45) is 21.1 Å². The molecule has 2 aromatic rings. The maximum Gasteiger partial charge on any atom is 0.332 e. The minimum absolute atomic E-state index is 0.280. The summed E-state index contributed by atoms with van der Waals surface area (Å²) in [6, 6.07) is 0. The molecule has 0 radical (unpaired) electrons. The van der Waals surface area contributed by atoms with Crippen LogP contribution in [-0.4, -0.2) is 18.7 Å². The molecule has 0 amide bonds. The molecule has 0 N–H and O–H groups in total. The molecule has 0 spiro atoms. The van der Waals surface area contributed by atoms with Crippen molar-refractivity contribution in [1.82, 2.24) is 18.7 Å². The quantitative estimate of drug-likeness (QED) is 0.769. The minimum Gasteiger partial charge on any atom is -0.325 e. The van der Waals surface area contributed by atoms with Gasteiger partial charge in [0.1, 0.15) is 5.82 Å². The number of rotatable bonds is 5. The van der Waals surface area contributed by atoms with E-state index in [1.807, 2.05) is 11.6 Å². The van der Waals surface area contributed by atoms with Gasteiger partial charge in [0.2, 0.25) is 0 Å². The average molecular weight is 278 g/mol. The van der Waals surface area contributed by atoms with Crippen molar-refractivity contribution in [2.45, 2.75) is 39.0 Å². The number of hydrogen-bond acceptors (Lipinski definition) is 3. The van der Waals surface area contributed by atoms with Crippen LogP contribution in [0.15, 0.2) is 9.59 Å². The van der Waals surface area contributed by atoms with Gasteiger partial charge in [-0.2, -0.15) is 0 Å². The molecule has 2 aromatic heterocycles. The van der Waals surface area contributed by atoms with E-state index >= 15 is 0 Å². The number of imidazole rings is 1. The van der Waals surface area contributed by atoms with E-state index in [0.29, 0.717) is 11.2 Å². The zero-order chi connectivity index (χ0) is 14.9. The van der Waals surface area contributed by atoms with E-state index in [1.165, 1.54) is 24.5 Å². The Labute approximate surface area is 117 Å². The maximum absolute atomic E-state index is 12.2. The van der Waals surface area contributed by atoms with Crippen LogP contribution in [-0.2, 0) is 27.6 Å². The van der Waals surface area contributed by atoms with Crippen molar-refractivity contribution in [3.05, 3.63) is 26.7 Å². The van der Waals surface area contributed by atoms with Crippen LogP contribution in [0.2, 0.25) is 0 Å². The standard InChI is InChI=1S/C14H22N4O2/c1-5-6-7-8-9-10-15-12-11(16(10)2)13(19)18(4)14(20)17(12)3/h5-9H2,1-4H3.